The van der Waals surface area contributed by atoms with E-state index in [-0.39, 0.29) is 18.8 Å². The van der Waals surface area contributed by atoms with Crippen LogP contribution < -0.4 is 5.43 Å². The first-order valence-corrected chi connectivity index (χ1v) is 9.68. The average Bonchev–Trinajstić information content (AvgIpc) is 2.88. The van der Waals surface area contributed by atoms with Gasteiger partial charge in [0, 0.05) is 22.0 Å². The molecule has 2 aromatic rings. The standard InChI is InChI=1S/C18H15BrClN5O3/c19-8-11(10-26)23-24-16-9-21-18(12-4-1-2-5-13(12)20)17-14(22-16)6-3-7-15(17)25(27)28/h1-7,26H,8-10H2,(H,22,24)/b23-11-. The van der Waals surface area contributed by atoms with Crippen molar-refractivity contribution in [1.29, 1.82) is 0 Å². The van der Waals surface area contributed by atoms with E-state index < -0.39 is 4.92 Å². The van der Waals surface area contributed by atoms with Crippen LogP contribution in [0.3, 0.4) is 0 Å². The summed E-state index contributed by atoms with van der Waals surface area (Å²) in [6, 6.07) is 11.7. The Labute approximate surface area is 173 Å². The molecule has 0 spiro atoms. The number of alkyl halides is 1. The molecule has 28 heavy (non-hydrogen) atoms. The van der Waals surface area contributed by atoms with Gasteiger partial charge in [0.2, 0.25) is 0 Å². The van der Waals surface area contributed by atoms with Crippen molar-refractivity contribution in [3.63, 3.8) is 0 Å². The third-order valence-corrected chi connectivity index (χ3v) is 4.88. The van der Waals surface area contributed by atoms with Crippen LogP contribution in [0.5, 0.6) is 0 Å². The van der Waals surface area contributed by atoms with Crippen LogP contribution in [0.1, 0.15) is 11.1 Å². The quantitative estimate of drug-likeness (QED) is 0.305. The summed E-state index contributed by atoms with van der Waals surface area (Å²) in [4.78, 5) is 20.2. The third-order valence-electron chi connectivity index (χ3n) is 3.91. The molecule has 0 amide bonds. The zero-order chi connectivity index (χ0) is 20.1. The lowest BCUT2D eigenvalue weighted by molar-refractivity contribution is -0.385. The van der Waals surface area contributed by atoms with E-state index in [0.29, 0.717) is 44.4 Å². The number of halogens is 2. The summed E-state index contributed by atoms with van der Waals surface area (Å²) >= 11 is 9.56. The van der Waals surface area contributed by atoms with Gasteiger partial charge in [-0.15, -0.1) is 0 Å². The van der Waals surface area contributed by atoms with Gasteiger partial charge in [-0.3, -0.25) is 20.5 Å². The Bertz CT molecular complexity index is 1000. The molecule has 0 aromatic heterocycles. The Morgan fingerprint density at radius 1 is 1.32 bits per heavy atom. The summed E-state index contributed by atoms with van der Waals surface area (Å²) in [5.74, 6) is 0.385. The molecule has 1 aliphatic rings. The first kappa shape index (κ1) is 20.1. The normalized spacial score (nSPS) is 13.9. The van der Waals surface area contributed by atoms with Crippen molar-refractivity contribution in [2.45, 2.75) is 0 Å². The fraction of sp³-hybridized carbons (Fsp3) is 0.167. The number of amidine groups is 1. The summed E-state index contributed by atoms with van der Waals surface area (Å²) in [5, 5.41) is 25.8. The van der Waals surface area contributed by atoms with Gasteiger partial charge < -0.3 is 5.11 Å². The maximum Gasteiger partial charge on any atom is 0.280 e. The highest BCUT2D eigenvalue weighted by atomic mass is 79.9. The predicted octanol–water partition coefficient (Wildman–Crippen LogP) is 3.46. The number of nitrogens with one attached hydrogen (secondary N) is 1. The van der Waals surface area contributed by atoms with Crippen LogP contribution >= 0.6 is 27.5 Å². The summed E-state index contributed by atoms with van der Waals surface area (Å²) in [5.41, 5.74) is 4.79. The molecule has 1 aliphatic heterocycles. The summed E-state index contributed by atoms with van der Waals surface area (Å²) in [7, 11) is 0. The lowest BCUT2D eigenvalue weighted by Crippen LogP contribution is -2.24. The number of hydrogen-bond acceptors (Lipinski definition) is 7. The number of aliphatic hydroxyl groups is 1. The Balaban J connectivity index is 2.15. The van der Waals surface area contributed by atoms with E-state index in [0.717, 1.165) is 0 Å². The topological polar surface area (TPSA) is 112 Å². The van der Waals surface area contributed by atoms with Crippen LogP contribution in [0.2, 0.25) is 5.02 Å². The second-order valence-electron chi connectivity index (χ2n) is 5.71. The van der Waals surface area contributed by atoms with E-state index in [2.05, 4.69) is 36.4 Å². The Kier molecular flexibility index (Phi) is 6.50. The molecule has 0 radical (unpaired) electrons. The minimum absolute atomic E-state index is 0.108. The predicted molar refractivity (Wildman–Crippen MR) is 114 cm³/mol. The monoisotopic (exact) mass is 463 g/mol. The molecule has 0 aliphatic carbocycles. The van der Waals surface area contributed by atoms with Crippen molar-refractivity contribution in [3.8, 4) is 0 Å². The molecule has 0 bridgehead atoms. The number of nitrogens with zero attached hydrogens (tertiary/aromatic N) is 4. The number of nitro benzene ring substituents is 1. The molecular weight excluding hydrogens is 450 g/mol. The molecule has 0 saturated carbocycles. The van der Waals surface area contributed by atoms with Crippen LogP contribution in [0.15, 0.2) is 57.6 Å². The van der Waals surface area contributed by atoms with Gasteiger partial charge in [-0.2, -0.15) is 5.10 Å². The van der Waals surface area contributed by atoms with E-state index in [4.69, 9.17) is 11.6 Å². The van der Waals surface area contributed by atoms with Crippen molar-refractivity contribution >= 4 is 56.2 Å². The number of nitro groups is 1. The SMILES string of the molecule is O=[N+]([O-])c1cccc2c1C(c1ccccc1Cl)=NCC(N/N=C(\CO)CBr)=N2. The summed E-state index contributed by atoms with van der Waals surface area (Å²) in [6.45, 7) is -0.112. The van der Waals surface area contributed by atoms with Gasteiger partial charge in [-0.1, -0.05) is 51.8 Å². The second-order valence-corrected chi connectivity index (χ2v) is 6.68. The van der Waals surface area contributed by atoms with Crippen LogP contribution in [-0.4, -0.2) is 45.8 Å². The van der Waals surface area contributed by atoms with Crippen LogP contribution in [0.4, 0.5) is 11.4 Å². The van der Waals surface area contributed by atoms with Crippen LogP contribution in [-0.2, 0) is 0 Å². The molecule has 1 heterocycles. The fourth-order valence-electron chi connectivity index (χ4n) is 2.61. The smallest absolute Gasteiger partial charge is 0.280 e. The molecule has 2 aromatic carbocycles. The van der Waals surface area contributed by atoms with Crippen LogP contribution in [0, 0.1) is 10.1 Å². The molecule has 3 rings (SSSR count). The average molecular weight is 465 g/mol. The Morgan fingerprint density at radius 3 is 2.79 bits per heavy atom. The highest BCUT2D eigenvalue weighted by Gasteiger charge is 2.26. The van der Waals surface area contributed by atoms with E-state index >= 15 is 0 Å². The summed E-state index contributed by atoms with van der Waals surface area (Å²) < 4.78 is 0. The lowest BCUT2D eigenvalue weighted by atomic mass is 9.99. The Morgan fingerprint density at radius 2 is 2.11 bits per heavy atom. The minimum Gasteiger partial charge on any atom is -0.390 e. The molecule has 144 valence electrons. The molecule has 0 fully saturated rings. The molecule has 0 saturated heterocycles. The van der Waals surface area contributed by atoms with Gasteiger partial charge in [-0.05, 0) is 12.1 Å². The second kappa shape index (κ2) is 9.05. The largest absolute Gasteiger partial charge is 0.390 e. The van der Waals surface area contributed by atoms with Crippen molar-refractivity contribution < 1.29 is 10.0 Å². The highest BCUT2D eigenvalue weighted by Crippen LogP contribution is 2.34. The van der Waals surface area contributed by atoms with E-state index in [1.165, 1.54) is 6.07 Å². The summed E-state index contributed by atoms with van der Waals surface area (Å²) in [6.07, 6.45) is 0. The minimum atomic E-state index is -0.466. The molecular formula is C18H15BrClN5O3. The zero-order valence-electron chi connectivity index (χ0n) is 14.5. The number of hydrogen-bond donors (Lipinski definition) is 2. The lowest BCUT2D eigenvalue weighted by Gasteiger charge is -2.10. The van der Waals surface area contributed by atoms with E-state index in [9.17, 15) is 15.2 Å². The number of benzene rings is 2. The maximum absolute atomic E-state index is 11.6. The van der Waals surface area contributed by atoms with Gasteiger partial charge in [0.05, 0.1) is 35.2 Å². The molecule has 10 heteroatoms. The van der Waals surface area contributed by atoms with Gasteiger partial charge in [-0.25, -0.2) is 4.99 Å². The number of hydrazone groups is 1. The number of fused-ring (bicyclic) bond motifs is 1. The number of aliphatic imine (C=N–C) groups is 2. The first-order chi connectivity index (χ1) is 13.5. The van der Waals surface area contributed by atoms with Crippen molar-refractivity contribution in [1.82, 2.24) is 5.43 Å². The van der Waals surface area contributed by atoms with Gasteiger partial charge >= 0.3 is 0 Å². The maximum atomic E-state index is 11.6. The van der Waals surface area contributed by atoms with E-state index in [1.807, 2.05) is 0 Å². The van der Waals surface area contributed by atoms with Crippen LogP contribution in [0.25, 0.3) is 0 Å². The third kappa shape index (κ3) is 4.27. The molecule has 0 unspecified atom stereocenters. The molecule has 8 nitrogen and oxygen atoms in total. The van der Waals surface area contributed by atoms with Gasteiger partial charge in [0.25, 0.3) is 5.69 Å². The fourth-order valence-corrected chi connectivity index (χ4v) is 3.14. The molecule has 0 atom stereocenters. The van der Waals surface area contributed by atoms with Crippen molar-refractivity contribution in [2.24, 2.45) is 15.1 Å². The van der Waals surface area contributed by atoms with E-state index in [1.54, 1.807) is 36.4 Å². The number of rotatable bonds is 5. The number of aliphatic hydroxyl groups excluding tert-OH is 1. The first-order valence-electron chi connectivity index (χ1n) is 8.18. The molecule has 2 N–H and O–H groups in total. The highest BCUT2D eigenvalue weighted by molar-refractivity contribution is 9.09. The van der Waals surface area contributed by atoms with Gasteiger partial charge in [0.1, 0.15) is 11.4 Å². The van der Waals surface area contributed by atoms with Crippen molar-refractivity contribution in [2.75, 3.05) is 18.5 Å². The van der Waals surface area contributed by atoms with Crippen molar-refractivity contribution in [3.05, 3.63) is 68.7 Å². The Hall–Kier alpha value is -2.62. The zero-order valence-corrected chi connectivity index (χ0v) is 16.8. The van der Waals surface area contributed by atoms with Gasteiger partial charge in [0.15, 0.2) is 0 Å².